The van der Waals surface area contributed by atoms with Crippen LogP contribution in [0.1, 0.15) is 43.1 Å². The van der Waals surface area contributed by atoms with E-state index in [1.807, 2.05) is 24.3 Å². The van der Waals surface area contributed by atoms with Crippen LogP contribution in [0.4, 0.5) is 5.82 Å². The number of rotatable bonds is 5. The van der Waals surface area contributed by atoms with Gasteiger partial charge in [0.1, 0.15) is 18.0 Å². The molecule has 0 atom stereocenters. The Balaban J connectivity index is 1.15. The van der Waals surface area contributed by atoms with Crippen LogP contribution in [0.15, 0.2) is 36.7 Å². The highest BCUT2D eigenvalue weighted by Gasteiger charge is 2.28. The van der Waals surface area contributed by atoms with Crippen molar-refractivity contribution in [1.82, 2.24) is 25.3 Å². The summed E-state index contributed by atoms with van der Waals surface area (Å²) >= 11 is 0. The number of aromatic amines is 1. The van der Waals surface area contributed by atoms with Crippen LogP contribution in [0.25, 0.3) is 11.0 Å². The third-order valence-corrected chi connectivity index (χ3v) is 5.73. The van der Waals surface area contributed by atoms with Crippen molar-refractivity contribution in [2.45, 2.75) is 38.1 Å². The van der Waals surface area contributed by atoms with Crippen LogP contribution in [0, 0.1) is 5.92 Å². The predicted molar refractivity (Wildman–Crippen MR) is 107 cm³/mol. The van der Waals surface area contributed by atoms with Crippen molar-refractivity contribution in [3.8, 4) is 0 Å². The fourth-order valence-corrected chi connectivity index (χ4v) is 3.91. The number of fused-ring (bicyclic) bond motifs is 1. The Labute approximate surface area is 163 Å². The Bertz CT molecular complexity index is 954. The number of nitrogens with zero attached hydrogens (tertiary/aromatic N) is 4. The zero-order chi connectivity index (χ0) is 18.9. The SMILES string of the molecule is O=C(NCc1nc2ccccc2[nH]1)C1CCN(c2cc(C3CC3)ncn2)CC1. The summed E-state index contributed by atoms with van der Waals surface area (Å²) in [5.41, 5.74) is 3.08. The molecule has 7 nitrogen and oxygen atoms in total. The summed E-state index contributed by atoms with van der Waals surface area (Å²) in [6.45, 7) is 2.14. The van der Waals surface area contributed by atoms with Crippen molar-refractivity contribution >= 4 is 22.8 Å². The summed E-state index contributed by atoms with van der Waals surface area (Å²) in [4.78, 5) is 31.5. The number of hydrogen-bond acceptors (Lipinski definition) is 5. The highest BCUT2D eigenvalue weighted by molar-refractivity contribution is 5.79. The first-order valence-electron chi connectivity index (χ1n) is 10.0. The van der Waals surface area contributed by atoms with Gasteiger partial charge in [0.25, 0.3) is 0 Å². The molecule has 1 aromatic carbocycles. The van der Waals surface area contributed by atoms with Crippen LogP contribution in [-0.2, 0) is 11.3 Å². The van der Waals surface area contributed by atoms with E-state index in [4.69, 9.17) is 0 Å². The van der Waals surface area contributed by atoms with Crippen LogP contribution in [0.3, 0.4) is 0 Å². The molecule has 28 heavy (non-hydrogen) atoms. The standard InChI is InChI=1S/C21H24N6O/c28-21(22-12-19-25-16-3-1-2-4-17(16)26-19)15-7-9-27(10-8-15)20-11-18(14-5-6-14)23-13-24-20/h1-4,11,13-15H,5-10,12H2,(H,22,28)(H,25,26). The van der Waals surface area contributed by atoms with E-state index in [2.05, 4.69) is 36.2 Å². The maximum Gasteiger partial charge on any atom is 0.223 e. The summed E-state index contributed by atoms with van der Waals surface area (Å²) in [7, 11) is 0. The molecular weight excluding hydrogens is 352 g/mol. The Kier molecular flexibility index (Phi) is 4.43. The lowest BCUT2D eigenvalue weighted by Gasteiger charge is -2.32. The molecule has 2 aromatic heterocycles. The summed E-state index contributed by atoms with van der Waals surface area (Å²) < 4.78 is 0. The highest BCUT2D eigenvalue weighted by atomic mass is 16.1. The number of H-pyrrole nitrogens is 1. The minimum absolute atomic E-state index is 0.0466. The van der Waals surface area contributed by atoms with Gasteiger partial charge in [0.05, 0.1) is 17.6 Å². The van der Waals surface area contributed by atoms with Gasteiger partial charge >= 0.3 is 0 Å². The lowest BCUT2D eigenvalue weighted by Crippen LogP contribution is -2.40. The number of benzene rings is 1. The van der Waals surface area contributed by atoms with Crippen molar-refractivity contribution in [2.75, 3.05) is 18.0 Å². The van der Waals surface area contributed by atoms with Crippen molar-refractivity contribution in [2.24, 2.45) is 5.92 Å². The third kappa shape index (κ3) is 3.56. The van der Waals surface area contributed by atoms with Gasteiger partial charge in [-0.1, -0.05) is 12.1 Å². The second kappa shape index (κ2) is 7.22. The van der Waals surface area contributed by atoms with E-state index >= 15 is 0 Å². The van der Waals surface area contributed by atoms with Gasteiger partial charge in [0.2, 0.25) is 5.91 Å². The first kappa shape index (κ1) is 17.2. The van der Waals surface area contributed by atoms with Gasteiger partial charge in [-0.2, -0.15) is 0 Å². The lowest BCUT2D eigenvalue weighted by molar-refractivity contribution is -0.125. The van der Waals surface area contributed by atoms with Crippen LogP contribution in [-0.4, -0.2) is 38.9 Å². The maximum atomic E-state index is 12.6. The Morgan fingerprint density at radius 2 is 1.96 bits per heavy atom. The average molecular weight is 376 g/mol. The smallest absolute Gasteiger partial charge is 0.223 e. The van der Waals surface area contributed by atoms with Gasteiger partial charge in [0, 0.05) is 36.7 Å². The fraction of sp³-hybridized carbons (Fsp3) is 0.429. The second-order valence-corrected chi connectivity index (χ2v) is 7.76. The molecule has 2 fully saturated rings. The highest BCUT2D eigenvalue weighted by Crippen LogP contribution is 2.39. The maximum absolute atomic E-state index is 12.6. The fourth-order valence-electron chi connectivity index (χ4n) is 3.91. The van der Waals surface area contributed by atoms with Crippen LogP contribution < -0.4 is 10.2 Å². The molecule has 2 aliphatic rings. The molecule has 0 bridgehead atoms. The number of aromatic nitrogens is 4. The zero-order valence-electron chi connectivity index (χ0n) is 15.8. The average Bonchev–Trinajstić information content (AvgIpc) is 3.51. The minimum atomic E-state index is 0.0466. The molecule has 1 amide bonds. The summed E-state index contributed by atoms with van der Waals surface area (Å²) in [6, 6.07) is 10.0. The number of amides is 1. The minimum Gasteiger partial charge on any atom is -0.356 e. The lowest BCUT2D eigenvalue weighted by atomic mass is 9.96. The number of imidazole rings is 1. The first-order chi connectivity index (χ1) is 13.8. The summed E-state index contributed by atoms with van der Waals surface area (Å²) in [5, 5.41) is 3.04. The van der Waals surface area contributed by atoms with E-state index in [1.165, 1.54) is 12.8 Å². The van der Waals surface area contributed by atoms with Crippen molar-refractivity contribution in [1.29, 1.82) is 0 Å². The van der Waals surface area contributed by atoms with E-state index in [-0.39, 0.29) is 11.8 Å². The van der Waals surface area contributed by atoms with E-state index in [9.17, 15) is 4.79 Å². The molecule has 144 valence electrons. The topological polar surface area (TPSA) is 86.8 Å². The molecule has 1 aliphatic carbocycles. The molecule has 0 spiro atoms. The largest absolute Gasteiger partial charge is 0.356 e. The number of hydrogen-bond donors (Lipinski definition) is 2. The number of anilines is 1. The molecule has 1 saturated carbocycles. The molecular formula is C21H24N6O. The molecule has 1 saturated heterocycles. The number of para-hydroxylation sites is 2. The van der Waals surface area contributed by atoms with E-state index in [0.29, 0.717) is 12.5 Å². The van der Waals surface area contributed by atoms with Crippen LogP contribution in [0.5, 0.6) is 0 Å². The van der Waals surface area contributed by atoms with Crippen LogP contribution in [0.2, 0.25) is 0 Å². The molecule has 3 aromatic rings. The number of carbonyl (C=O) groups is 1. The number of nitrogens with one attached hydrogen (secondary N) is 2. The molecule has 1 aliphatic heterocycles. The number of carbonyl (C=O) groups excluding carboxylic acids is 1. The van der Waals surface area contributed by atoms with Gasteiger partial charge in [-0.15, -0.1) is 0 Å². The van der Waals surface area contributed by atoms with Crippen molar-refractivity contribution < 1.29 is 4.79 Å². The summed E-state index contributed by atoms with van der Waals surface area (Å²) in [6.07, 6.45) is 5.84. The Morgan fingerprint density at radius 1 is 1.14 bits per heavy atom. The first-order valence-corrected chi connectivity index (χ1v) is 10.0. The Morgan fingerprint density at radius 3 is 2.75 bits per heavy atom. The van der Waals surface area contributed by atoms with Gasteiger partial charge in [-0.25, -0.2) is 15.0 Å². The van der Waals surface area contributed by atoms with Gasteiger partial charge in [-0.05, 0) is 37.8 Å². The molecule has 0 radical (unpaired) electrons. The molecule has 3 heterocycles. The predicted octanol–water partition coefficient (Wildman–Crippen LogP) is 2.76. The molecule has 7 heteroatoms. The van der Waals surface area contributed by atoms with E-state index in [0.717, 1.165) is 54.3 Å². The third-order valence-electron chi connectivity index (χ3n) is 5.73. The van der Waals surface area contributed by atoms with E-state index < -0.39 is 0 Å². The number of piperidine rings is 1. The van der Waals surface area contributed by atoms with Gasteiger partial charge < -0.3 is 15.2 Å². The summed E-state index contributed by atoms with van der Waals surface area (Å²) in [5.74, 6) is 2.58. The monoisotopic (exact) mass is 376 g/mol. The molecule has 2 N–H and O–H groups in total. The quantitative estimate of drug-likeness (QED) is 0.715. The van der Waals surface area contributed by atoms with E-state index in [1.54, 1.807) is 6.33 Å². The van der Waals surface area contributed by atoms with Crippen molar-refractivity contribution in [3.05, 3.63) is 48.2 Å². The molecule has 5 rings (SSSR count). The molecule has 0 unspecified atom stereocenters. The van der Waals surface area contributed by atoms with Crippen LogP contribution >= 0.6 is 0 Å². The van der Waals surface area contributed by atoms with Crippen molar-refractivity contribution in [3.63, 3.8) is 0 Å². The zero-order valence-corrected chi connectivity index (χ0v) is 15.8. The normalized spacial score (nSPS) is 17.8. The second-order valence-electron chi connectivity index (χ2n) is 7.76. The Hall–Kier alpha value is -2.96. The van der Waals surface area contributed by atoms with Gasteiger partial charge in [0.15, 0.2) is 0 Å². The van der Waals surface area contributed by atoms with Gasteiger partial charge in [-0.3, -0.25) is 4.79 Å².